The fourth-order valence-electron chi connectivity index (χ4n) is 0.753. The van der Waals surface area contributed by atoms with Crippen molar-refractivity contribution in [2.45, 2.75) is 13.3 Å². The van der Waals surface area contributed by atoms with Gasteiger partial charge >= 0.3 is 5.69 Å². The number of aromatic nitrogens is 2. The molecule has 0 aliphatic carbocycles. The van der Waals surface area contributed by atoms with Crippen molar-refractivity contribution in [2.24, 2.45) is 0 Å². The van der Waals surface area contributed by atoms with Crippen molar-refractivity contribution in [3.63, 3.8) is 0 Å². The predicted molar refractivity (Wildman–Crippen MR) is 49.4 cm³/mol. The van der Waals surface area contributed by atoms with E-state index in [1.54, 1.807) is 13.1 Å². The third kappa shape index (κ3) is 2.07. The normalized spacial score (nSPS) is 8.75. The summed E-state index contributed by atoms with van der Waals surface area (Å²) in [5.41, 5.74) is 0.562. The minimum atomic E-state index is -0.284. The van der Waals surface area contributed by atoms with Crippen LogP contribution in [0.15, 0.2) is 11.0 Å². The third-order valence-corrected chi connectivity index (χ3v) is 1.72. The molecule has 4 heteroatoms. The highest BCUT2D eigenvalue weighted by Crippen LogP contribution is 1.95. The van der Waals surface area contributed by atoms with E-state index in [0.29, 0.717) is 11.1 Å². The molecule has 62 valence electrons. The van der Waals surface area contributed by atoms with Gasteiger partial charge in [-0.3, -0.25) is 4.98 Å². The standard InChI is InChI=1S/C8H8N2OS/c1-2-3-4-6-5-9-8(11)10-7(6)12/h5H,4H2,1H3,(H2,9,10,11,12). The van der Waals surface area contributed by atoms with Crippen molar-refractivity contribution < 1.29 is 0 Å². The number of hydrogen-bond acceptors (Lipinski definition) is 2. The van der Waals surface area contributed by atoms with E-state index in [-0.39, 0.29) is 5.69 Å². The molecule has 0 bridgehead atoms. The van der Waals surface area contributed by atoms with Crippen LogP contribution in [0.5, 0.6) is 0 Å². The van der Waals surface area contributed by atoms with E-state index in [1.807, 2.05) is 0 Å². The van der Waals surface area contributed by atoms with Gasteiger partial charge in [-0.1, -0.05) is 18.1 Å². The minimum absolute atomic E-state index is 0.284. The summed E-state index contributed by atoms with van der Waals surface area (Å²) < 4.78 is 0.460. The molecule has 0 fully saturated rings. The lowest BCUT2D eigenvalue weighted by Crippen LogP contribution is -2.10. The maximum absolute atomic E-state index is 10.7. The number of aromatic amines is 2. The summed E-state index contributed by atoms with van der Waals surface area (Å²) in [7, 11) is 0. The average molecular weight is 180 g/mol. The Labute approximate surface area is 74.8 Å². The first-order valence-electron chi connectivity index (χ1n) is 3.44. The smallest absolute Gasteiger partial charge is 0.314 e. The molecule has 0 unspecified atom stereocenters. The molecule has 0 aromatic carbocycles. The zero-order chi connectivity index (χ0) is 8.97. The Bertz CT molecular complexity index is 433. The van der Waals surface area contributed by atoms with E-state index >= 15 is 0 Å². The van der Waals surface area contributed by atoms with Gasteiger partial charge in [-0.2, -0.15) is 0 Å². The lowest BCUT2D eigenvalue weighted by molar-refractivity contribution is 1.02. The minimum Gasteiger partial charge on any atom is -0.314 e. The molecular formula is C8H8N2OS. The second kappa shape index (κ2) is 3.88. The first kappa shape index (κ1) is 8.75. The summed E-state index contributed by atoms with van der Waals surface area (Å²) in [5, 5.41) is 0. The molecule has 3 nitrogen and oxygen atoms in total. The first-order valence-corrected chi connectivity index (χ1v) is 3.85. The van der Waals surface area contributed by atoms with Gasteiger partial charge in [0.05, 0.1) is 0 Å². The highest BCUT2D eigenvalue weighted by Gasteiger charge is 1.92. The molecular weight excluding hydrogens is 172 g/mol. The van der Waals surface area contributed by atoms with Crippen LogP contribution in [0, 0.1) is 16.5 Å². The monoisotopic (exact) mass is 180 g/mol. The van der Waals surface area contributed by atoms with Crippen LogP contribution in [-0.4, -0.2) is 9.97 Å². The van der Waals surface area contributed by atoms with E-state index in [1.165, 1.54) is 0 Å². The largest absolute Gasteiger partial charge is 0.323 e. The van der Waals surface area contributed by atoms with Gasteiger partial charge in [-0.25, -0.2) is 4.79 Å². The molecule has 0 radical (unpaired) electrons. The molecule has 1 heterocycles. The molecule has 1 aromatic rings. The topological polar surface area (TPSA) is 48.6 Å². The second-order valence-corrected chi connectivity index (χ2v) is 2.61. The molecule has 0 aliphatic heterocycles. The Morgan fingerprint density at radius 2 is 2.42 bits per heavy atom. The van der Waals surface area contributed by atoms with Gasteiger partial charge in [-0.05, 0) is 6.92 Å². The number of rotatable bonds is 1. The Morgan fingerprint density at radius 3 is 3.00 bits per heavy atom. The zero-order valence-electron chi connectivity index (χ0n) is 6.60. The van der Waals surface area contributed by atoms with Crippen molar-refractivity contribution in [1.82, 2.24) is 9.97 Å². The van der Waals surface area contributed by atoms with E-state index in [2.05, 4.69) is 21.8 Å². The van der Waals surface area contributed by atoms with Gasteiger partial charge in [0.1, 0.15) is 4.64 Å². The van der Waals surface area contributed by atoms with Gasteiger partial charge in [0, 0.05) is 18.2 Å². The number of nitrogens with one attached hydrogen (secondary N) is 2. The molecule has 0 spiro atoms. The number of H-pyrrole nitrogens is 2. The molecule has 0 atom stereocenters. The molecule has 0 amide bonds. The zero-order valence-corrected chi connectivity index (χ0v) is 7.42. The maximum Gasteiger partial charge on any atom is 0.323 e. The lowest BCUT2D eigenvalue weighted by Gasteiger charge is -1.92. The quantitative estimate of drug-likeness (QED) is 0.500. The van der Waals surface area contributed by atoms with Crippen LogP contribution < -0.4 is 5.69 Å². The highest BCUT2D eigenvalue weighted by molar-refractivity contribution is 7.71. The summed E-state index contributed by atoms with van der Waals surface area (Å²) in [6.07, 6.45) is 2.16. The van der Waals surface area contributed by atoms with Gasteiger partial charge < -0.3 is 4.98 Å². The van der Waals surface area contributed by atoms with Crippen LogP contribution in [0.25, 0.3) is 0 Å². The molecule has 2 N–H and O–H groups in total. The summed E-state index contributed by atoms with van der Waals surface area (Å²) in [4.78, 5) is 15.7. The van der Waals surface area contributed by atoms with Crippen LogP contribution >= 0.6 is 12.2 Å². The van der Waals surface area contributed by atoms with Crippen LogP contribution in [0.4, 0.5) is 0 Å². The van der Waals surface area contributed by atoms with Crippen LogP contribution in [-0.2, 0) is 6.42 Å². The Balaban J connectivity index is 3.08. The summed E-state index contributed by atoms with van der Waals surface area (Å²) >= 11 is 4.91. The van der Waals surface area contributed by atoms with Crippen molar-refractivity contribution in [1.29, 1.82) is 0 Å². The Hall–Kier alpha value is -1.34. The van der Waals surface area contributed by atoms with Gasteiger partial charge in [0.25, 0.3) is 0 Å². The van der Waals surface area contributed by atoms with Crippen LogP contribution in [0.1, 0.15) is 12.5 Å². The summed E-state index contributed by atoms with van der Waals surface area (Å²) in [6.45, 7) is 1.76. The lowest BCUT2D eigenvalue weighted by atomic mass is 10.2. The van der Waals surface area contributed by atoms with E-state index in [9.17, 15) is 4.79 Å². The van der Waals surface area contributed by atoms with Gasteiger partial charge in [0.15, 0.2) is 0 Å². The summed E-state index contributed by atoms with van der Waals surface area (Å²) in [5.74, 6) is 5.62. The SMILES string of the molecule is CC#CCc1c[nH]c(=O)[nH]c1=S. The van der Waals surface area contributed by atoms with Gasteiger partial charge in [0.2, 0.25) is 0 Å². The maximum atomic E-state index is 10.7. The highest BCUT2D eigenvalue weighted by atomic mass is 32.1. The van der Waals surface area contributed by atoms with Crippen molar-refractivity contribution in [2.75, 3.05) is 0 Å². The van der Waals surface area contributed by atoms with Crippen LogP contribution in [0.3, 0.4) is 0 Å². The van der Waals surface area contributed by atoms with Gasteiger partial charge in [-0.15, -0.1) is 5.92 Å². The second-order valence-electron chi connectivity index (χ2n) is 2.20. The molecule has 0 aliphatic rings. The Kier molecular flexibility index (Phi) is 2.83. The van der Waals surface area contributed by atoms with E-state index in [4.69, 9.17) is 12.2 Å². The first-order chi connectivity index (χ1) is 5.74. The molecule has 0 saturated heterocycles. The van der Waals surface area contributed by atoms with E-state index in [0.717, 1.165) is 5.56 Å². The van der Waals surface area contributed by atoms with Crippen molar-refractivity contribution in [3.8, 4) is 11.8 Å². The van der Waals surface area contributed by atoms with E-state index < -0.39 is 0 Å². The summed E-state index contributed by atoms with van der Waals surface area (Å²) in [6, 6.07) is 0. The predicted octanol–water partition coefficient (Wildman–Crippen LogP) is 0.998. The molecule has 0 saturated carbocycles. The average Bonchev–Trinajstić information content (AvgIpc) is 2.03. The van der Waals surface area contributed by atoms with Crippen LogP contribution in [0.2, 0.25) is 0 Å². The third-order valence-electron chi connectivity index (χ3n) is 1.35. The van der Waals surface area contributed by atoms with Crippen molar-refractivity contribution in [3.05, 3.63) is 26.9 Å². The molecule has 1 aromatic heterocycles. The number of hydrogen-bond donors (Lipinski definition) is 2. The molecule has 12 heavy (non-hydrogen) atoms. The molecule has 1 rings (SSSR count). The fraction of sp³-hybridized carbons (Fsp3) is 0.250. The Morgan fingerprint density at radius 1 is 1.67 bits per heavy atom. The fourth-order valence-corrected chi connectivity index (χ4v) is 0.976. The van der Waals surface area contributed by atoms with Crippen molar-refractivity contribution >= 4 is 12.2 Å².